The Balaban J connectivity index is 1.81. The average molecular weight is 511 g/mol. The molecule has 1 atom stereocenters. The molecule has 0 aliphatic heterocycles. The number of benzene rings is 1. The lowest BCUT2D eigenvalue weighted by atomic mass is 9.99. The van der Waals surface area contributed by atoms with Crippen LogP contribution < -0.4 is 9.46 Å². The van der Waals surface area contributed by atoms with Crippen LogP contribution in [0.1, 0.15) is 57.2 Å². The van der Waals surface area contributed by atoms with Crippen molar-refractivity contribution in [2.45, 2.75) is 63.1 Å². The maximum Gasteiger partial charge on any atom is 0.344 e. The molecule has 1 aliphatic carbocycles. The van der Waals surface area contributed by atoms with Crippen molar-refractivity contribution in [2.24, 2.45) is 0 Å². The fraction of sp³-hybridized carbons (Fsp3) is 0.455. The number of carbonyl (C=O) groups is 1. The molecule has 0 spiro atoms. The van der Waals surface area contributed by atoms with E-state index < -0.39 is 27.6 Å². The number of carbonyl (C=O) groups excluding carboxylic acids is 1. The second-order valence-corrected chi connectivity index (χ2v) is 11.0. The van der Waals surface area contributed by atoms with Crippen LogP contribution in [-0.2, 0) is 26.0 Å². The van der Waals surface area contributed by atoms with Gasteiger partial charge in [0.25, 0.3) is 10.0 Å². The van der Waals surface area contributed by atoms with E-state index >= 15 is 0 Å². The number of pyridine rings is 1. The molecule has 1 aromatic carbocycles. The summed E-state index contributed by atoms with van der Waals surface area (Å²) in [6.07, 6.45) is 4.63. The zero-order valence-corrected chi connectivity index (χ0v) is 20.3. The third-order valence-electron chi connectivity index (χ3n) is 4.75. The van der Waals surface area contributed by atoms with Gasteiger partial charge in [0.15, 0.2) is 11.6 Å². The topological polar surface area (TPSA) is 94.6 Å². The maximum atomic E-state index is 12.9. The third-order valence-corrected chi connectivity index (χ3v) is 6.61. The molecule has 0 radical (unpaired) electrons. The molecule has 3 rings (SSSR count). The van der Waals surface area contributed by atoms with Gasteiger partial charge in [-0.3, -0.25) is 0 Å². The molecule has 0 bridgehead atoms. The maximum absolute atomic E-state index is 12.9. The summed E-state index contributed by atoms with van der Waals surface area (Å²) < 4.78 is 40.4. The van der Waals surface area contributed by atoms with Crippen LogP contribution in [0.4, 0.5) is 0 Å². The fourth-order valence-electron chi connectivity index (χ4n) is 3.52. The quantitative estimate of drug-likeness (QED) is 0.459. The van der Waals surface area contributed by atoms with Crippen LogP contribution in [-0.4, -0.2) is 31.6 Å². The van der Waals surface area contributed by atoms with Gasteiger partial charge in [-0.15, -0.1) is 0 Å². The summed E-state index contributed by atoms with van der Waals surface area (Å²) in [5.74, 6) is 0.133. The number of ether oxygens (including phenoxy) is 2. The largest absolute Gasteiger partial charge is 0.482 e. The summed E-state index contributed by atoms with van der Waals surface area (Å²) in [5, 5.41) is -0.0289. The summed E-state index contributed by atoms with van der Waals surface area (Å²) in [6.45, 7) is 5.20. The number of fused-ring (bicyclic) bond motifs is 1. The number of esters is 1. The van der Waals surface area contributed by atoms with E-state index in [1.54, 1.807) is 32.9 Å². The highest BCUT2D eigenvalue weighted by atomic mass is 79.9. The number of aromatic nitrogens is 1. The molecule has 0 fully saturated rings. The molecular weight excluding hydrogens is 484 g/mol. The van der Waals surface area contributed by atoms with Gasteiger partial charge in [-0.05, 0) is 85.3 Å². The van der Waals surface area contributed by atoms with Gasteiger partial charge >= 0.3 is 5.97 Å². The van der Waals surface area contributed by atoms with Gasteiger partial charge in [0.2, 0.25) is 0 Å². The molecule has 31 heavy (non-hydrogen) atoms. The Kier molecular flexibility index (Phi) is 7.39. The van der Waals surface area contributed by atoms with E-state index in [0.717, 1.165) is 30.4 Å². The van der Waals surface area contributed by atoms with Gasteiger partial charge in [-0.25, -0.2) is 22.9 Å². The first-order chi connectivity index (χ1) is 14.5. The number of rotatable bonds is 6. The summed E-state index contributed by atoms with van der Waals surface area (Å²) in [4.78, 5) is 16.1. The Morgan fingerprint density at radius 1 is 1.23 bits per heavy atom. The highest BCUT2D eigenvalue weighted by molar-refractivity contribution is 9.10. The number of nitrogens with zero attached hydrogens (tertiary/aromatic N) is 1. The lowest BCUT2D eigenvalue weighted by molar-refractivity contribution is -0.157. The van der Waals surface area contributed by atoms with Crippen LogP contribution in [0, 0.1) is 0 Å². The number of hydrogen-bond acceptors (Lipinski definition) is 6. The second kappa shape index (κ2) is 9.67. The third kappa shape index (κ3) is 6.51. The highest BCUT2D eigenvalue weighted by Gasteiger charge is 2.27. The van der Waals surface area contributed by atoms with E-state index in [2.05, 4.69) is 25.6 Å². The van der Waals surface area contributed by atoms with Crippen LogP contribution in [0.3, 0.4) is 0 Å². The molecule has 1 heterocycles. The lowest BCUT2D eigenvalue weighted by Crippen LogP contribution is -2.29. The number of hydrogen-bond donors (Lipinski definition) is 1. The van der Waals surface area contributed by atoms with Crippen molar-refractivity contribution in [2.75, 3.05) is 6.61 Å². The Morgan fingerprint density at radius 2 is 2.00 bits per heavy atom. The van der Waals surface area contributed by atoms with Crippen molar-refractivity contribution in [3.8, 4) is 5.75 Å². The summed E-state index contributed by atoms with van der Waals surface area (Å²) in [5.41, 5.74) is 1.19. The highest BCUT2D eigenvalue weighted by Crippen LogP contribution is 2.35. The monoisotopic (exact) mass is 510 g/mol. The molecule has 1 unspecified atom stereocenters. The minimum atomic E-state index is -3.79. The Morgan fingerprint density at radius 3 is 2.68 bits per heavy atom. The molecule has 0 amide bonds. The first-order valence-corrected chi connectivity index (χ1v) is 12.4. The smallest absolute Gasteiger partial charge is 0.344 e. The molecular formula is C22H27BrN2O5S. The van der Waals surface area contributed by atoms with Crippen molar-refractivity contribution in [1.82, 2.24) is 9.71 Å². The van der Waals surface area contributed by atoms with E-state index in [-0.39, 0.29) is 11.6 Å². The van der Waals surface area contributed by atoms with Crippen LogP contribution in [0.25, 0.3) is 0 Å². The van der Waals surface area contributed by atoms with E-state index in [9.17, 15) is 13.2 Å². The molecule has 0 saturated heterocycles. The van der Waals surface area contributed by atoms with Crippen LogP contribution in [0.2, 0.25) is 0 Å². The van der Waals surface area contributed by atoms with E-state index in [0.29, 0.717) is 16.6 Å². The molecule has 7 nitrogen and oxygen atoms in total. The predicted octanol–water partition coefficient (Wildman–Crippen LogP) is 4.31. The van der Waals surface area contributed by atoms with E-state index in [4.69, 9.17) is 9.47 Å². The fourth-order valence-corrected chi connectivity index (χ4v) is 4.93. The van der Waals surface area contributed by atoms with E-state index in [1.165, 1.54) is 12.3 Å². The van der Waals surface area contributed by atoms with Gasteiger partial charge in [-0.1, -0.05) is 18.6 Å². The van der Waals surface area contributed by atoms with Crippen molar-refractivity contribution >= 4 is 31.9 Å². The molecule has 168 valence electrons. The first kappa shape index (κ1) is 23.7. The molecule has 1 aromatic heterocycles. The van der Waals surface area contributed by atoms with Crippen molar-refractivity contribution < 1.29 is 22.7 Å². The number of sulfonamides is 1. The Labute approximate surface area is 191 Å². The molecule has 1 aliphatic rings. The minimum absolute atomic E-state index is 0.0289. The van der Waals surface area contributed by atoms with Gasteiger partial charge in [0.05, 0.1) is 0 Å². The molecule has 0 saturated carbocycles. The second-order valence-electron chi connectivity index (χ2n) is 8.43. The summed E-state index contributed by atoms with van der Waals surface area (Å²) in [7, 11) is -3.79. The van der Waals surface area contributed by atoms with Crippen LogP contribution in [0.5, 0.6) is 5.75 Å². The number of halogens is 1. The lowest BCUT2D eigenvalue weighted by Gasteiger charge is -2.22. The number of nitrogens with one attached hydrogen (secondary N) is 1. The van der Waals surface area contributed by atoms with Crippen LogP contribution >= 0.6 is 15.9 Å². The van der Waals surface area contributed by atoms with Gasteiger partial charge in [0.1, 0.15) is 11.4 Å². The van der Waals surface area contributed by atoms with Crippen molar-refractivity contribution in [3.63, 3.8) is 0 Å². The summed E-state index contributed by atoms with van der Waals surface area (Å²) >= 11 is 3.27. The van der Waals surface area contributed by atoms with Crippen LogP contribution in [0.15, 0.2) is 46.0 Å². The minimum Gasteiger partial charge on any atom is -0.482 e. The molecule has 9 heteroatoms. The normalized spacial score (nSPS) is 16.8. The van der Waals surface area contributed by atoms with Gasteiger partial charge in [-0.2, -0.15) is 0 Å². The molecule has 2 aromatic rings. The van der Waals surface area contributed by atoms with Gasteiger partial charge < -0.3 is 9.47 Å². The SMILES string of the molecule is CC(C)(C)OC(=O)COc1cccc2c1CCCCC2NS(=O)(=O)c1ccc(Br)cn1. The zero-order valence-electron chi connectivity index (χ0n) is 17.9. The van der Waals surface area contributed by atoms with Crippen molar-refractivity contribution in [3.05, 3.63) is 52.1 Å². The zero-order chi connectivity index (χ0) is 22.6. The summed E-state index contributed by atoms with van der Waals surface area (Å²) in [6, 6.07) is 8.22. The first-order valence-electron chi connectivity index (χ1n) is 10.2. The predicted molar refractivity (Wildman–Crippen MR) is 120 cm³/mol. The Hall–Kier alpha value is -1.97. The van der Waals surface area contributed by atoms with E-state index in [1.807, 2.05) is 12.1 Å². The standard InChI is InChI=1S/C22H27BrN2O5S/c1-22(2,3)30-21(26)14-29-19-10-6-8-16-17(19)7-4-5-9-18(16)25-31(27,28)20-12-11-15(23)13-24-20/h6,8,10-13,18,25H,4-5,7,9,14H2,1-3H3. The van der Waals surface area contributed by atoms with Gasteiger partial charge in [0, 0.05) is 16.7 Å². The Bertz CT molecular complexity index is 1030. The van der Waals surface area contributed by atoms with Crippen molar-refractivity contribution in [1.29, 1.82) is 0 Å². The molecule has 1 N–H and O–H groups in total. The average Bonchev–Trinajstić information content (AvgIpc) is 2.88.